The van der Waals surface area contributed by atoms with Crippen molar-refractivity contribution in [3.05, 3.63) is 60.3 Å². The maximum atomic E-state index is 12.6. The molecule has 0 saturated carbocycles. The maximum absolute atomic E-state index is 12.6. The Labute approximate surface area is 165 Å². The molecule has 0 saturated heterocycles. The van der Waals surface area contributed by atoms with Crippen LogP contribution in [0.25, 0.3) is 22.3 Å². The first-order valence-electron chi connectivity index (χ1n) is 8.85. The zero-order valence-corrected chi connectivity index (χ0v) is 15.9. The van der Waals surface area contributed by atoms with Gasteiger partial charge in [0.15, 0.2) is 5.82 Å². The fourth-order valence-electron chi connectivity index (χ4n) is 3.22. The van der Waals surface area contributed by atoms with Gasteiger partial charge in [-0.15, -0.1) is 5.10 Å². The van der Waals surface area contributed by atoms with Crippen LogP contribution in [-0.4, -0.2) is 43.8 Å². The summed E-state index contributed by atoms with van der Waals surface area (Å²) in [5, 5.41) is 15.0. The van der Waals surface area contributed by atoms with Crippen LogP contribution in [0.15, 0.2) is 54.7 Å². The summed E-state index contributed by atoms with van der Waals surface area (Å²) in [5.41, 5.74) is 2.62. The summed E-state index contributed by atoms with van der Waals surface area (Å²) in [5.74, 6) is -0.0685. The number of aromatic nitrogens is 5. The average molecular weight is 390 g/mol. The molecule has 0 atom stereocenters. The van der Waals surface area contributed by atoms with Crippen molar-refractivity contribution in [1.82, 2.24) is 24.8 Å². The van der Waals surface area contributed by atoms with Crippen LogP contribution in [0.1, 0.15) is 10.4 Å². The summed E-state index contributed by atoms with van der Waals surface area (Å²) >= 11 is 0. The number of ether oxygens (including phenoxy) is 1. The van der Waals surface area contributed by atoms with Gasteiger partial charge in [0, 0.05) is 35.4 Å². The third kappa shape index (κ3) is 3.57. The van der Waals surface area contributed by atoms with Gasteiger partial charge >= 0.3 is 5.97 Å². The highest BCUT2D eigenvalue weighted by atomic mass is 16.5. The van der Waals surface area contributed by atoms with Crippen LogP contribution in [0.3, 0.4) is 0 Å². The summed E-state index contributed by atoms with van der Waals surface area (Å²) in [6.07, 6.45) is 1.64. The lowest BCUT2D eigenvalue weighted by Crippen LogP contribution is -2.18. The number of nitrogens with zero attached hydrogens (tertiary/aromatic N) is 5. The second-order valence-electron chi connectivity index (χ2n) is 6.43. The van der Waals surface area contributed by atoms with Gasteiger partial charge in [0.25, 0.3) is 0 Å². The first kappa shape index (κ1) is 18.4. The Kier molecular flexibility index (Phi) is 4.78. The van der Waals surface area contributed by atoms with Gasteiger partial charge in [-0.2, -0.15) is 0 Å². The van der Waals surface area contributed by atoms with E-state index in [1.165, 1.54) is 7.11 Å². The summed E-state index contributed by atoms with van der Waals surface area (Å²) in [6, 6.07) is 14.7. The number of nitrogens with one attached hydrogen (secondary N) is 1. The van der Waals surface area contributed by atoms with Gasteiger partial charge in [0.05, 0.1) is 12.7 Å². The van der Waals surface area contributed by atoms with Gasteiger partial charge < -0.3 is 14.6 Å². The molecule has 4 aromatic rings. The first-order chi connectivity index (χ1) is 14.1. The van der Waals surface area contributed by atoms with E-state index in [9.17, 15) is 9.59 Å². The number of benzene rings is 2. The predicted molar refractivity (Wildman–Crippen MR) is 106 cm³/mol. The molecule has 146 valence electrons. The van der Waals surface area contributed by atoms with Gasteiger partial charge in [-0.3, -0.25) is 4.79 Å². The highest BCUT2D eigenvalue weighted by molar-refractivity contribution is 6.05. The zero-order chi connectivity index (χ0) is 20.4. The topological polar surface area (TPSA) is 104 Å². The zero-order valence-electron chi connectivity index (χ0n) is 15.9. The number of aryl methyl sites for hydroxylation is 1. The van der Waals surface area contributed by atoms with Crippen molar-refractivity contribution in [3.63, 3.8) is 0 Å². The number of para-hydroxylation sites is 1. The Morgan fingerprint density at radius 2 is 1.97 bits per heavy atom. The first-order valence-corrected chi connectivity index (χ1v) is 8.85. The second kappa shape index (κ2) is 7.55. The van der Waals surface area contributed by atoms with E-state index < -0.39 is 5.97 Å². The van der Waals surface area contributed by atoms with Crippen molar-refractivity contribution < 1.29 is 14.3 Å². The number of esters is 1. The molecule has 0 aliphatic heterocycles. The van der Waals surface area contributed by atoms with E-state index in [4.69, 9.17) is 4.74 Å². The molecule has 0 unspecified atom stereocenters. The standard InChI is InChI=1S/C20H18N6O3/c1-25-19(22-23-24-25)13-6-5-7-14(10-13)21-18(27)12-26-11-16(20(28)29-2)15-8-3-4-9-17(15)26/h3-11H,12H2,1-2H3,(H,21,27). The normalized spacial score (nSPS) is 10.8. The van der Waals surface area contributed by atoms with E-state index in [1.807, 2.05) is 36.4 Å². The van der Waals surface area contributed by atoms with E-state index in [-0.39, 0.29) is 12.5 Å². The average Bonchev–Trinajstić information content (AvgIpc) is 3.31. The molecule has 4 rings (SSSR count). The van der Waals surface area contributed by atoms with Crippen LogP contribution in [0.5, 0.6) is 0 Å². The van der Waals surface area contributed by atoms with Crippen molar-refractivity contribution in [3.8, 4) is 11.4 Å². The van der Waals surface area contributed by atoms with E-state index in [0.29, 0.717) is 17.1 Å². The molecule has 1 N–H and O–H groups in total. The van der Waals surface area contributed by atoms with Crippen LogP contribution in [0.4, 0.5) is 5.69 Å². The summed E-state index contributed by atoms with van der Waals surface area (Å²) in [7, 11) is 3.08. The number of fused-ring (bicyclic) bond motifs is 1. The fourth-order valence-corrected chi connectivity index (χ4v) is 3.22. The Bertz CT molecular complexity index is 1210. The highest BCUT2D eigenvalue weighted by Gasteiger charge is 2.17. The Morgan fingerprint density at radius 3 is 2.72 bits per heavy atom. The number of rotatable bonds is 5. The van der Waals surface area contributed by atoms with Crippen LogP contribution < -0.4 is 5.32 Å². The molecule has 0 aliphatic carbocycles. The van der Waals surface area contributed by atoms with Crippen LogP contribution in [-0.2, 0) is 23.1 Å². The lowest BCUT2D eigenvalue weighted by Gasteiger charge is -2.08. The van der Waals surface area contributed by atoms with Crippen LogP contribution in [0.2, 0.25) is 0 Å². The van der Waals surface area contributed by atoms with Crippen molar-refractivity contribution in [2.75, 3.05) is 12.4 Å². The molecule has 1 amide bonds. The quantitative estimate of drug-likeness (QED) is 0.524. The van der Waals surface area contributed by atoms with Crippen LogP contribution in [0, 0.1) is 0 Å². The highest BCUT2D eigenvalue weighted by Crippen LogP contribution is 2.23. The molecule has 0 aliphatic rings. The SMILES string of the molecule is COC(=O)c1cn(CC(=O)Nc2cccc(-c3nnnn3C)c2)c2ccccc12. The summed E-state index contributed by atoms with van der Waals surface area (Å²) < 4.78 is 8.13. The molecular weight excluding hydrogens is 372 g/mol. The number of anilines is 1. The molecule has 0 radical (unpaired) electrons. The number of hydrogen-bond donors (Lipinski definition) is 1. The molecular formula is C20H18N6O3. The van der Waals surface area contributed by atoms with Gasteiger partial charge in [-0.05, 0) is 28.6 Å². The minimum Gasteiger partial charge on any atom is -0.465 e. The van der Waals surface area contributed by atoms with E-state index in [1.54, 1.807) is 34.6 Å². The number of carbonyl (C=O) groups excluding carboxylic acids is 2. The molecule has 0 bridgehead atoms. The largest absolute Gasteiger partial charge is 0.465 e. The monoisotopic (exact) mass is 390 g/mol. The molecule has 0 spiro atoms. The van der Waals surface area contributed by atoms with Gasteiger partial charge in [-0.25, -0.2) is 9.48 Å². The molecule has 2 aromatic carbocycles. The third-order valence-corrected chi connectivity index (χ3v) is 4.53. The molecule has 29 heavy (non-hydrogen) atoms. The van der Waals surface area contributed by atoms with E-state index in [2.05, 4.69) is 20.8 Å². The Morgan fingerprint density at radius 1 is 1.14 bits per heavy atom. The van der Waals surface area contributed by atoms with E-state index >= 15 is 0 Å². The lowest BCUT2D eigenvalue weighted by atomic mass is 10.2. The predicted octanol–water partition coefficient (Wildman–Crippen LogP) is 2.26. The number of methoxy groups -OCH3 is 1. The second-order valence-corrected chi connectivity index (χ2v) is 6.43. The lowest BCUT2D eigenvalue weighted by molar-refractivity contribution is -0.116. The van der Waals surface area contributed by atoms with E-state index in [0.717, 1.165) is 16.5 Å². The maximum Gasteiger partial charge on any atom is 0.340 e. The molecule has 0 fully saturated rings. The smallest absolute Gasteiger partial charge is 0.340 e. The fraction of sp³-hybridized carbons (Fsp3) is 0.150. The van der Waals surface area contributed by atoms with Crippen molar-refractivity contribution in [2.24, 2.45) is 7.05 Å². The minimum absolute atomic E-state index is 0.0489. The molecule has 2 aromatic heterocycles. The van der Waals surface area contributed by atoms with Gasteiger partial charge in [0.2, 0.25) is 5.91 Å². The minimum atomic E-state index is -0.439. The number of amides is 1. The van der Waals surface area contributed by atoms with Crippen molar-refractivity contribution in [2.45, 2.75) is 6.54 Å². The number of tetrazole rings is 1. The van der Waals surface area contributed by atoms with Crippen molar-refractivity contribution >= 4 is 28.5 Å². The Hall–Kier alpha value is -4.01. The molecule has 2 heterocycles. The molecule has 9 heteroatoms. The number of carbonyl (C=O) groups is 2. The third-order valence-electron chi connectivity index (χ3n) is 4.53. The van der Waals surface area contributed by atoms with Crippen LogP contribution >= 0.6 is 0 Å². The summed E-state index contributed by atoms with van der Waals surface area (Å²) in [4.78, 5) is 24.7. The Balaban J connectivity index is 1.57. The van der Waals surface area contributed by atoms with Gasteiger partial charge in [-0.1, -0.05) is 30.3 Å². The van der Waals surface area contributed by atoms with Crippen molar-refractivity contribution in [1.29, 1.82) is 0 Å². The summed E-state index contributed by atoms with van der Waals surface area (Å²) in [6.45, 7) is 0.0489. The number of hydrogen-bond acceptors (Lipinski definition) is 6. The van der Waals surface area contributed by atoms with Gasteiger partial charge in [0.1, 0.15) is 6.54 Å². The molecule has 9 nitrogen and oxygen atoms in total.